The van der Waals surface area contributed by atoms with Gasteiger partial charge in [-0.05, 0) is 51.1 Å². The second kappa shape index (κ2) is 11.1. The van der Waals surface area contributed by atoms with Crippen LogP contribution in [0.3, 0.4) is 0 Å². The maximum Gasteiger partial charge on any atom is 0.416 e. The number of benzene rings is 1. The van der Waals surface area contributed by atoms with Gasteiger partial charge in [-0.1, -0.05) is 11.6 Å². The Hall–Kier alpha value is -5.50. The highest BCUT2D eigenvalue weighted by atomic mass is 35.5. The number of halogens is 4. The molecule has 1 aromatic carbocycles. The van der Waals surface area contributed by atoms with Crippen LogP contribution in [0.25, 0.3) is 33.5 Å². The Morgan fingerprint density at radius 2 is 1.85 bits per heavy atom. The first-order chi connectivity index (χ1) is 22.4. The maximum absolute atomic E-state index is 13.2. The summed E-state index contributed by atoms with van der Waals surface area (Å²) in [5.74, 6) is -0.783. The summed E-state index contributed by atoms with van der Waals surface area (Å²) >= 11 is 6.63. The maximum atomic E-state index is 13.2. The summed E-state index contributed by atoms with van der Waals surface area (Å²) in [6.07, 6.45) is 5.19. The van der Waals surface area contributed by atoms with Crippen LogP contribution in [0, 0.1) is 11.1 Å². The van der Waals surface area contributed by atoms with Gasteiger partial charge in [-0.15, -0.1) is 0 Å². The largest absolute Gasteiger partial charge is 0.493 e. The lowest BCUT2D eigenvalue weighted by Crippen LogP contribution is -2.15. The number of nitrogen functional groups attached to an aromatic ring is 1. The summed E-state index contributed by atoms with van der Waals surface area (Å²) in [4.78, 5) is 26.4. The number of nitrogens with two attached hydrogens (primary N) is 1. The van der Waals surface area contributed by atoms with Gasteiger partial charge in [0.2, 0.25) is 0 Å². The zero-order valence-corrected chi connectivity index (χ0v) is 25.9. The third kappa shape index (κ3) is 5.29. The Morgan fingerprint density at radius 1 is 1.06 bits per heavy atom. The molecule has 1 amide bonds. The molecule has 5 aromatic rings. The average Bonchev–Trinajstić information content (AvgIpc) is 3.71. The number of rotatable bonds is 7. The van der Waals surface area contributed by atoms with Crippen molar-refractivity contribution in [2.45, 2.75) is 33.0 Å². The van der Waals surface area contributed by atoms with Gasteiger partial charge in [-0.25, -0.2) is 9.97 Å². The SMILES string of the molecule is CCOc1cc(C(=O)Nc2cc(C(F)(F)F)ccn2)c(Cl)cc1-c1ncn2ccnc(-c3cn4c5oc=5n(C(C)C)cc4cc3N)c12. The van der Waals surface area contributed by atoms with Crippen molar-refractivity contribution in [2.24, 2.45) is 0 Å². The minimum absolute atomic E-state index is 0.0129. The molecular weight excluding hydrogens is 637 g/mol. The fraction of sp³-hybridized carbons (Fsp3) is 0.188. The summed E-state index contributed by atoms with van der Waals surface area (Å²) in [7, 11) is 0. The predicted molar refractivity (Wildman–Crippen MR) is 169 cm³/mol. The van der Waals surface area contributed by atoms with Crippen LogP contribution in [0.5, 0.6) is 5.75 Å². The molecule has 0 saturated heterocycles. The molecule has 4 aromatic heterocycles. The number of nitrogens with one attached hydrogen (secondary N) is 1. The third-order valence-corrected chi connectivity index (χ3v) is 7.98. The molecule has 0 spiro atoms. The molecule has 3 N–H and O–H groups in total. The van der Waals surface area contributed by atoms with Gasteiger partial charge in [-0.3, -0.25) is 14.2 Å². The number of carbonyl (C=O) groups excluding carboxylic acids is 1. The number of hydrogen-bond acceptors (Lipinski definition) is 7. The smallest absolute Gasteiger partial charge is 0.416 e. The van der Waals surface area contributed by atoms with E-state index in [-0.39, 0.29) is 34.8 Å². The molecule has 0 saturated carbocycles. The van der Waals surface area contributed by atoms with Crippen LogP contribution < -0.4 is 15.8 Å². The van der Waals surface area contributed by atoms with Gasteiger partial charge >= 0.3 is 6.18 Å². The van der Waals surface area contributed by atoms with E-state index in [2.05, 4.69) is 34.1 Å². The summed E-state index contributed by atoms with van der Waals surface area (Å²) in [6.45, 7) is 6.14. The van der Waals surface area contributed by atoms with Gasteiger partial charge in [-0.2, -0.15) is 13.2 Å². The predicted octanol–water partition coefficient (Wildman–Crippen LogP) is 7.32. The number of ether oxygens (including phenoxy) is 1. The van der Waals surface area contributed by atoms with E-state index >= 15 is 0 Å². The Kier molecular flexibility index (Phi) is 7.12. The minimum Gasteiger partial charge on any atom is -0.493 e. The van der Waals surface area contributed by atoms with Crippen molar-refractivity contribution in [2.75, 3.05) is 17.7 Å². The minimum atomic E-state index is -4.60. The normalized spacial score (nSPS) is 12.2. The van der Waals surface area contributed by atoms with Gasteiger partial charge < -0.3 is 29.2 Å². The van der Waals surface area contributed by atoms with Gasteiger partial charge in [0.05, 0.1) is 33.8 Å². The highest BCUT2D eigenvalue weighted by molar-refractivity contribution is 6.35. The number of fused-ring (bicyclic) bond motifs is 3. The lowest BCUT2D eigenvalue weighted by atomic mass is 10.0. The first-order valence-electron chi connectivity index (χ1n) is 14.5. The number of anilines is 2. The van der Waals surface area contributed by atoms with Gasteiger partial charge in [0.15, 0.2) is 0 Å². The highest BCUT2D eigenvalue weighted by Crippen LogP contribution is 2.40. The molecule has 2 aliphatic rings. The Labute approximate surface area is 269 Å². The van der Waals surface area contributed by atoms with E-state index in [1.807, 2.05) is 27.4 Å². The quantitative estimate of drug-likeness (QED) is 0.183. The highest BCUT2D eigenvalue weighted by Gasteiger charge is 2.31. The number of pyridine rings is 2. The fourth-order valence-electron chi connectivity index (χ4n) is 5.41. The van der Waals surface area contributed by atoms with Crippen molar-refractivity contribution in [3.05, 3.63) is 94.9 Å². The zero-order valence-electron chi connectivity index (χ0n) is 25.1. The molecule has 0 atom stereocenters. The van der Waals surface area contributed by atoms with E-state index in [1.165, 1.54) is 12.1 Å². The van der Waals surface area contributed by atoms with Crippen molar-refractivity contribution < 1.29 is 27.1 Å². The van der Waals surface area contributed by atoms with Gasteiger partial charge in [0.1, 0.15) is 29.3 Å². The molecule has 0 bridgehead atoms. The molecule has 0 fully saturated rings. The van der Waals surface area contributed by atoms with Crippen LogP contribution >= 0.6 is 11.6 Å². The topological polar surface area (TPSA) is 130 Å². The Bertz CT molecular complexity index is 2390. The second-order valence-electron chi connectivity index (χ2n) is 11.0. The van der Waals surface area contributed by atoms with Crippen LogP contribution in [-0.2, 0) is 6.18 Å². The second-order valence-corrected chi connectivity index (χ2v) is 11.5. The molecule has 0 aliphatic carbocycles. The molecule has 2 aliphatic heterocycles. The number of carbonyl (C=O) groups is 1. The van der Waals surface area contributed by atoms with E-state index in [9.17, 15) is 18.0 Å². The van der Waals surface area contributed by atoms with Crippen LogP contribution in [0.4, 0.5) is 24.7 Å². The summed E-state index contributed by atoms with van der Waals surface area (Å²) < 4.78 is 57.1. The van der Waals surface area contributed by atoms with Crippen LogP contribution in [0.2, 0.25) is 5.02 Å². The van der Waals surface area contributed by atoms with E-state index < -0.39 is 17.6 Å². The van der Waals surface area contributed by atoms with E-state index in [4.69, 9.17) is 26.5 Å². The van der Waals surface area contributed by atoms with E-state index in [1.54, 1.807) is 30.0 Å². The van der Waals surface area contributed by atoms with Crippen molar-refractivity contribution in [1.29, 1.82) is 0 Å². The van der Waals surface area contributed by atoms with E-state index in [0.717, 1.165) is 29.4 Å². The Morgan fingerprint density at radius 3 is 2.60 bits per heavy atom. The average molecular weight is 663 g/mol. The van der Waals surface area contributed by atoms with Crippen molar-refractivity contribution in [3.63, 3.8) is 0 Å². The fourth-order valence-corrected chi connectivity index (χ4v) is 5.66. The molecule has 6 heterocycles. The number of hydrogen-bond donors (Lipinski definition) is 2. The molecule has 15 heteroatoms. The van der Waals surface area contributed by atoms with Gasteiger partial charge in [0.25, 0.3) is 17.0 Å². The van der Waals surface area contributed by atoms with Crippen molar-refractivity contribution in [3.8, 4) is 28.3 Å². The lowest BCUT2D eigenvalue weighted by molar-refractivity contribution is -0.137. The van der Waals surface area contributed by atoms with Gasteiger partial charge in [0, 0.05) is 53.8 Å². The molecule has 47 heavy (non-hydrogen) atoms. The molecule has 7 rings (SSSR count). The molecule has 11 nitrogen and oxygen atoms in total. The van der Waals surface area contributed by atoms with E-state index in [0.29, 0.717) is 39.3 Å². The first-order valence-corrected chi connectivity index (χ1v) is 14.9. The molecular formula is C32H26ClF3N8O3. The van der Waals surface area contributed by atoms with Crippen LogP contribution in [0.15, 0.2) is 72.1 Å². The third-order valence-electron chi connectivity index (χ3n) is 7.67. The summed E-state index contributed by atoms with van der Waals surface area (Å²) in [6, 6.07) is 6.55. The molecule has 0 radical (unpaired) electrons. The summed E-state index contributed by atoms with van der Waals surface area (Å²) in [5.41, 5.74) is 11.1. The first kappa shape index (κ1) is 30.2. The monoisotopic (exact) mass is 662 g/mol. The van der Waals surface area contributed by atoms with Crippen LogP contribution in [-0.4, -0.2) is 40.8 Å². The molecule has 0 unspecified atom stereocenters. The zero-order chi connectivity index (χ0) is 33.2. The lowest BCUT2D eigenvalue weighted by Gasteiger charge is -2.15. The van der Waals surface area contributed by atoms with Crippen LogP contribution in [0.1, 0.15) is 42.7 Å². The van der Waals surface area contributed by atoms with Crippen molar-refractivity contribution >= 4 is 40.0 Å². The number of alkyl halides is 3. The number of nitrogens with zero attached hydrogens (tertiary/aromatic N) is 6. The summed E-state index contributed by atoms with van der Waals surface area (Å²) in [5, 5.41) is 2.40. The number of aromatic nitrogens is 6. The standard InChI is InChI=1S/C32H26ClF3N8O3/c1-4-46-24-12-19(29(45)41-25-9-17(5-6-38-25)32(34,35)36)22(33)11-20(24)26-28-27(39-7-8-42(28)15-40-26)21-14-44-18(10-23(21)37)13-43(16(2)3)30-31(44)47-30/h5-16H,4,37H2,1-3H3,(H,38,41,45). The number of imidazole rings is 1. The Balaban J connectivity index is 1.33. The number of amides is 1. The van der Waals surface area contributed by atoms with Crippen molar-refractivity contribution in [1.82, 2.24) is 28.3 Å². The molecule has 240 valence electrons.